The largest absolute Gasteiger partial charge is 0.469 e. The van der Waals surface area contributed by atoms with Crippen molar-refractivity contribution >= 4 is 11.9 Å². The van der Waals surface area contributed by atoms with E-state index in [2.05, 4.69) is 4.74 Å². The summed E-state index contributed by atoms with van der Waals surface area (Å²) in [5.41, 5.74) is 0. The van der Waals surface area contributed by atoms with Gasteiger partial charge in [0, 0.05) is 5.92 Å². The average molecular weight is 202 g/mol. The van der Waals surface area contributed by atoms with Crippen LogP contribution in [0.3, 0.4) is 0 Å². The third-order valence-corrected chi connectivity index (χ3v) is 2.54. The molecule has 5 heteroatoms. The van der Waals surface area contributed by atoms with Gasteiger partial charge in [-0.15, -0.1) is 0 Å². The van der Waals surface area contributed by atoms with Crippen LogP contribution in [0.4, 0.5) is 0 Å². The molecule has 0 radical (unpaired) electrons. The minimum Gasteiger partial charge on any atom is -0.469 e. The highest BCUT2D eigenvalue weighted by Gasteiger charge is 2.40. The highest BCUT2D eigenvalue weighted by molar-refractivity contribution is 5.81. The van der Waals surface area contributed by atoms with Crippen LogP contribution in [0.15, 0.2) is 0 Å². The second-order valence-corrected chi connectivity index (χ2v) is 3.38. The van der Waals surface area contributed by atoms with Gasteiger partial charge in [-0.1, -0.05) is 0 Å². The van der Waals surface area contributed by atoms with Crippen LogP contribution < -0.4 is 0 Å². The van der Waals surface area contributed by atoms with E-state index in [9.17, 15) is 9.59 Å². The van der Waals surface area contributed by atoms with Gasteiger partial charge in [-0.25, -0.2) is 0 Å². The monoisotopic (exact) mass is 202 g/mol. The summed E-state index contributed by atoms with van der Waals surface area (Å²) < 4.78 is 9.47. The molecule has 1 rings (SSSR count). The Hall–Kier alpha value is -1.10. The quantitative estimate of drug-likeness (QED) is 0.623. The number of aliphatic hydroxyl groups is 1. The Morgan fingerprint density at radius 3 is 2.86 bits per heavy atom. The molecule has 0 bridgehead atoms. The van der Waals surface area contributed by atoms with Crippen molar-refractivity contribution in [2.75, 3.05) is 13.7 Å². The molecule has 1 heterocycles. The maximum atomic E-state index is 11.3. The van der Waals surface area contributed by atoms with Gasteiger partial charge in [0.1, 0.15) is 6.10 Å². The third-order valence-electron chi connectivity index (χ3n) is 2.54. The molecule has 0 saturated carbocycles. The van der Waals surface area contributed by atoms with Crippen LogP contribution in [0.1, 0.15) is 13.3 Å². The van der Waals surface area contributed by atoms with Crippen LogP contribution in [0.5, 0.6) is 0 Å². The Kier molecular flexibility index (Phi) is 3.46. The number of carbonyl (C=O) groups is 2. The predicted octanol–water partition coefficient (Wildman–Crippen LogP) is -0.281. The van der Waals surface area contributed by atoms with Crippen LogP contribution in [0, 0.1) is 11.8 Å². The summed E-state index contributed by atoms with van der Waals surface area (Å²) in [4.78, 5) is 22.3. The van der Waals surface area contributed by atoms with Crippen molar-refractivity contribution in [2.24, 2.45) is 11.8 Å². The smallest absolute Gasteiger partial charge is 0.309 e. The second kappa shape index (κ2) is 4.41. The van der Waals surface area contributed by atoms with Gasteiger partial charge in [0.2, 0.25) is 0 Å². The lowest BCUT2D eigenvalue weighted by Crippen LogP contribution is -2.43. The number of hydrogen-bond donors (Lipinski definition) is 1. The first-order valence-electron chi connectivity index (χ1n) is 4.48. The highest BCUT2D eigenvalue weighted by Crippen LogP contribution is 2.28. The van der Waals surface area contributed by atoms with E-state index in [1.54, 1.807) is 6.92 Å². The molecule has 0 aliphatic carbocycles. The van der Waals surface area contributed by atoms with E-state index < -0.39 is 24.0 Å². The molecule has 5 nitrogen and oxygen atoms in total. The van der Waals surface area contributed by atoms with Crippen LogP contribution >= 0.6 is 0 Å². The van der Waals surface area contributed by atoms with Crippen molar-refractivity contribution in [3.8, 4) is 0 Å². The van der Waals surface area contributed by atoms with Crippen molar-refractivity contribution < 1.29 is 24.2 Å². The van der Waals surface area contributed by atoms with Crippen LogP contribution in [0.2, 0.25) is 0 Å². The van der Waals surface area contributed by atoms with Crippen molar-refractivity contribution in [2.45, 2.75) is 19.4 Å². The minimum absolute atomic E-state index is 0.0117. The maximum Gasteiger partial charge on any atom is 0.309 e. The lowest BCUT2D eigenvalue weighted by Gasteiger charge is -2.32. The number of ether oxygens (including phenoxy) is 2. The van der Waals surface area contributed by atoms with Crippen molar-refractivity contribution in [3.05, 3.63) is 0 Å². The standard InChI is InChI=1S/C9H14O5/c1-5-7(4-10)6(9(12)13-2)3-8(11)14-5/h5-7,10H,3-4H2,1-2H3/t5-,6-,7-/m1/s1. The molecule has 1 aliphatic heterocycles. The second-order valence-electron chi connectivity index (χ2n) is 3.38. The number of aliphatic hydroxyl groups excluding tert-OH is 1. The van der Waals surface area contributed by atoms with E-state index in [4.69, 9.17) is 9.84 Å². The first-order valence-corrected chi connectivity index (χ1v) is 4.48. The summed E-state index contributed by atoms with van der Waals surface area (Å²) in [5.74, 6) is -1.83. The molecule has 0 aromatic heterocycles. The number of rotatable bonds is 2. The fourth-order valence-corrected chi connectivity index (χ4v) is 1.69. The lowest BCUT2D eigenvalue weighted by atomic mass is 9.84. The summed E-state index contributed by atoms with van der Waals surface area (Å²) in [6, 6.07) is 0. The van der Waals surface area contributed by atoms with E-state index in [1.807, 2.05) is 0 Å². The van der Waals surface area contributed by atoms with E-state index in [-0.39, 0.29) is 18.9 Å². The summed E-state index contributed by atoms with van der Waals surface area (Å²) in [6.07, 6.45) is -0.451. The Bertz CT molecular complexity index is 237. The lowest BCUT2D eigenvalue weighted by molar-refractivity contribution is -0.173. The third kappa shape index (κ3) is 2.04. The molecule has 0 aromatic carbocycles. The normalized spacial score (nSPS) is 32.2. The number of esters is 2. The molecule has 0 spiro atoms. The molecular weight excluding hydrogens is 188 g/mol. The van der Waals surface area contributed by atoms with Gasteiger partial charge in [-0.2, -0.15) is 0 Å². The molecular formula is C9H14O5. The molecule has 3 atom stereocenters. The SMILES string of the molecule is COC(=O)[C@@H]1CC(=O)O[C@H](C)[C@H]1CO. The zero-order valence-electron chi connectivity index (χ0n) is 8.23. The summed E-state index contributed by atoms with van der Waals surface area (Å²) >= 11 is 0. The van der Waals surface area contributed by atoms with Crippen LogP contribution in [-0.4, -0.2) is 36.9 Å². The van der Waals surface area contributed by atoms with Crippen LogP contribution in [-0.2, 0) is 19.1 Å². The van der Waals surface area contributed by atoms with E-state index in [0.29, 0.717) is 0 Å². The number of carbonyl (C=O) groups excluding carboxylic acids is 2. The number of hydrogen-bond acceptors (Lipinski definition) is 5. The van der Waals surface area contributed by atoms with Gasteiger partial charge >= 0.3 is 11.9 Å². The van der Waals surface area contributed by atoms with Crippen LogP contribution in [0.25, 0.3) is 0 Å². The molecule has 14 heavy (non-hydrogen) atoms. The molecule has 0 unspecified atom stereocenters. The fourth-order valence-electron chi connectivity index (χ4n) is 1.69. The van der Waals surface area contributed by atoms with Crippen molar-refractivity contribution in [1.29, 1.82) is 0 Å². The van der Waals surface area contributed by atoms with E-state index in [1.165, 1.54) is 7.11 Å². The summed E-state index contributed by atoms with van der Waals surface area (Å²) in [5, 5.41) is 9.06. The molecule has 1 aliphatic rings. The number of methoxy groups -OCH3 is 1. The first-order chi connectivity index (χ1) is 6.60. The molecule has 1 saturated heterocycles. The fraction of sp³-hybridized carbons (Fsp3) is 0.778. The molecule has 1 N–H and O–H groups in total. The van der Waals surface area contributed by atoms with E-state index >= 15 is 0 Å². The zero-order valence-corrected chi connectivity index (χ0v) is 8.23. The molecule has 0 aromatic rings. The predicted molar refractivity (Wildman–Crippen MR) is 46.3 cm³/mol. The molecule has 1 fully saturated rings. The number of cyclic esters (lactones) is 1. The topological polar surface area (TPSA) is 72.8 Å². The maximum absolute atomic E-state index is 11.3. The molecule has 80 valence electrons. The first kappa shape index (κ1) is 11.0. The summed E-state index contributed by atoms with van der Waals surface area (Å²) in [7, 11) is 1.27. The van der Waals surface area contributed by atoms with Crippen molar-refractivity contribution in [1.82, 2.24) is 0 Å². The minimum atomic E-state index is -0.582. The van der Waals surface area contributed by atoms with Gasteiger partial charge in [0.05, 0.1) is 26.1 Å². The van der Waals surface area contributed by atoms with Gasteiger partial charge in [0.25, 0.3) is 0 Å². The zero-order chi connectivity index (χ0) is 10.7. The van der Waals surface area contributed by atoms with Gasteiger partial charge in [0.15, 0.2) is 0 Å². The Labute approximate surface area is 82.0 Å². The highest BCUT2D eigenvalue weighted by atomic mass is 16.5. The Balaban J connectivity index is 2.77. The Morgan fingerprint density at radius 2 is 2.36 bits per heavy atom. The molecule has 0 amide bonds. The van der Waals surface area contributed by atoms with Gasteiger partial charge < -0.3 is 14.6 Å². The average Bonchev–Trinajstić information content (AvgIpc) is 2.15. The van der Waals surface area contributed by atoms with Crippen molar-refractivity contribution in [3.63, 3.8) is 0 Å². The van der Waals surface area contributed by atoms with Gasteiger partial charge in [-0.3, -0.25) is 9.59 Å². The Morgan fingerprint density at radius 1 is 1.71 bits per heavy atom. The van der Waals surface area contributed by atoms with Gasteiger partial charge in [-0.05, 0) is 6.92 Å². The summed E-state index contributed by atoms with van der Waals surface area (Å²) in [6.45, 7) is 1.47. The van der Waals surface area contributed by atoms with E-state index in [0.717, 1.165) is 0 Å².